The lowest BCUT2D eigenvalue weighted by molar-refractivity contribution is -0.385. The molecule has 15 nitrogen and oxygen atoms in total. The molecule has 2 atom stereocenters. The minimum Gasteiger partial charge on any atom is -0.344 e. The molecule has 0 saturated carbocycles. The van der Waals surface area contributed by atoms with Gasteiger partial charge >= 0.3 is 0 Å². The fraction of sp³-hybridized carbons (Fsp3) is 0.552. The molecular formula is C29H39N5O10S. The number of nitrogens with one attached hydrogen (secondary N) is 2. The third kappa shape index (κ3) is 9.91. The number of nitrogens with zero attached hydrogens (tertiary/aromatic N) is 3. The van der Waals surface area contributed by atoms with Crippen LogP contribution in [0.3, 0.4) is 0 Å². The van der Waals surface area contributed by atoms with E-state index in [2.05, 4.69) is 10.6 Å². The van der Waals surface area contributed by atoms with E-state index in [1.54, 1.807) is 12.1 Å². The number of imide groups is 1. The fourth-order valence-electron chi connectivity index (χ4n) is 5.30. The molecule has 2 aliphatic rings. The van der Waals surface area contributed by atoms with E-state index in [0.717, 1.165) is 4.90 Å². The van der Waals surface area contributed by atoms with Crippen molar-refractivity contribution in [3.05, 3.63) is 46.0 Å². The van der Waals surface area contributed by atoms with Crippen molar-refractivity contribution >= 4 is 51.0 Å². The quantitative estimate of drug-likeness (QED) is 0.0877. The fourth-order valence-corrected chi connectivity index (χ4v) is 5.83. The largest absolute Gasteiger partial charge is 0.344 e. The van der Waals surface area contributed by atoms with Crippen LogP contribution in [-0.2, 0) is 39.5 Å². The van der Waals surface area contributed by atoms with Crippen molar-refractivity contribution in [3.8, 4) is 0 Å². The van der Waals surface area contributed by atoms with Crippen molar-refractivity contribution in [3.63, 3.8) is 0 Å². The summed E-state index contributed by atoms with van der Waals surface area (Å²) in [6.07, 6.45) is 3.96. The highest BCUT2D eigenvalue weighted by Gasteiger charge is 2.38. The summed E-state index contributed by atoms with van der Waals surface area (Å²) < 4.78 is 32.2. The Morgan fingerprint density at radius 2 is 1.78 bits per heavy atom. The van der Waals surface area contributed by atoms with Crippen LogP contribution in [0.1, 0.15) is 71.3 Å². The Morgan fingerprint density at radius 3 is 2.38 bits per heavy atom. The molecule has 0 radical (unpaired) electrons. The molecule has 0 aliphatic carbocycles. The second-order valence-corrected chi connectivity index (χ2v) is 13.7. The van der Waals surface area contributed by atoms with Crippen LogP contribution in [0.4, 0.5) is 11.4 Å². The lowest BCUT2D eigenvalue weighted by Crippen LogP contribution is -2.53. The van der Waals surface area contributed by atoms with E-state index in [0.29, 0.717) is 31.2 Å². The van der Waals surface area contributed by atoms with Crippen LogP contribution in [0.2, 0.25) is 0 Å². The number of rotatable bonds is 14. The van der Waals surface area contributed by atoms with Crippen LogP contribution in [0.25, 0.3) is 0 Å². The Bertz CT molecular complexity index is 1470. The number of carbonyl (C=O) groups is 5. The first kappa shape index (κ1) is 35.3. The molecule has 2 heterocycles. The number of carbonyl (C=O) groups excluding carboxylic acids is 5. The summed E-state index contributed by atoms with van der Waals surface area (Å²) in [6, 6.07) is 2.04. The van der Waals surface area contributed by atoms with E-state index in [4.69, 9.17) is 0 Å². The lowest BCUT2D eigenvalue weighted by Gasteiger charge is -2.28. The van der Waals surface area contributed by atoms with Gasteiger partial charge in [0.15, 0.2) is 0 Å². The summed E-state index contributed by atoms with van der Waals surface area (Å²) in [6.45, 7) is 5.83. The molecule has 16 heteroatoms. The first-order valence-corrected chi connectivity index (χ1v) is 16.3. The van der Waals surface area contributed by atoms with Crippen molar-refractivity contribution in [2.45, 2.75) is 83.2 Å². The number of anilines is 1. The zero-order valence-electron chi connectivity index (χ0n) is 25.5. The molecule has 246 valence electrons. The molecule has 3 N–H and O–H groups in total. The first-order valence-electron chi connectivity index (χ1n) is 14.7. The van der Waals surface area contributed by atoms with Gasteiger partial charge in [0.1, 0.15) is 12.1 Å². The Kier molecular flexibility index (Phi) is 11.6. The van der Waals surface area contributed by atoms with Crippen LogP contribution in [-0.4, -0.2) is 88.2 Å². The van der Waals surface area contributed by atoms with E-state index in [9.17, 15) is 47.1 Å². The van der Waals surface area contributed by atoms with E-state index in [1.165, 1.54) is 23.1 Å². The molecule has 45 heavy (non-hydrogen) atoms. The summed E-state index contributed by atoms with van der Waals surface area (Å²) in [5.74, 6) is -3.44. The predicted octanol–water partition coefficient (Wildman–Crippen LogP) is 2.07. The molecule has 5 amide bonds. The van der Waals surface area contributed by atoms with E-state index >= 15 is 0 Å². The maximum absolute atomic E-state index is 13.5. The average molecular weight is 650 g/mol. The highest BCUT2D eigenvalue weighted by molar-refractivity contribution is 7.85. The number of hydrogen-bond acceptors (Lipinski definition) is 9. The van der Waals surface area contributed by atoms with E-state index < -0.39 is 74.2 Å². The zero-order valence-corrected chi connectivity index (χ0v) is 26.3. The molecule has 0 unspecified atom stereocenters. The van der Waals surface area contributed by atoms with Crippen LogP contribution in [0, 0.1) is 10.1 Å². The van der Waals surface area contributed by atoms with Crippen LogP contribution < -0.4 is 10.6 Å². The van der Waals surface area contributed by atoms with Gasteiger partial charge in [-0.15, -0.1) is 0 Å². The molecule has 0 spiro atoms. The van der Waals surface area contributed by atoms with Crippen molar-refractivity contribution in [2.75, 3.05) is 24.2 Å². The van der Waals surface area contributed by atoms with Crippen molar-refractivity contribution in [1.82, 2.24) is 15.1 Å². The molecule has 1 fully saturated rings. The first-order chi connectivity index (χ1) is 21.0. The van der Waals surface area contributed by atoms with Crippen molar-refractivity contribution in [2.24, 2.45) is 0 Å². The SMILES string of the molecule is CC(C)(C)c1ccc(NC(=O)[C@@H]2CCCN2C(=O)[C@H](CCS(=O)(=O)O)NC(=O)CCCCCN2C(=O)C=CC2=O)cc1[N+](=O)[O-]. The number of unbranched alkanes of at least 4 members (excludes halogenated alkanes) is 2. The smallest absolute Gasteiger partial charge is 0.275 e. The van der Waals surface area contributed by atoms with Crippen LogP contribution >= 0.6 is 0 Å². The molecule has 0 bridgehead atoms. The molecule has 3 rings (SSSR count). The number of likely N-dealkylation sites (tertiary alicyclic amines) is 1. The minimum atomic E-state index is -4.47. The standard InChI is InChI=1S/C29H39N5O10S/c1-29(2,3)20-11-10-19(18-23(20)34(40)41)30-27(38)22-8-7-16-32(22)28(39)21(14-17-45(42,43)44)31-24(35)9-5-4-6-15-33-25(36)12-13-26(33)37/h10-13,18,21-22H,4-9,14-17H2,1-3H3,(H,30,38)(H,31,35)(H,42,43,44)/t21-,22-/m0/s1. The Morgan fingerprint density at radius 1 is 1.11 bits per heavy atom. The van der Waals surface area contributed by atoms with E-state index in [-0.39, 0.29) is 37.3 Å². The van der Waals surface area contributed by atoms with Gasteiger partial charge in [0.05, 0.1) is 10.7 Å². The number of amides is 5. The predicted molar refractivity (Wildman–Crippen MR) is 162 cm³/mol. The lowest BCUT2D eigenvalue weighted by atomic mass is 9.85. The van der Waals surface area contributed by atoms with Gasteiger partial charge in [-0.05, 0) is 49.7 Å². The monoisotopic (exact) mass is 649 g/mol. The Labute approximate surface area is 261 Å². The molecule has 0 aromatic heterocycles. The van der Waals surface area contributed by atoms with Gasteiger partial charge in [-0.25, -0.2) is 0 Å². The van der Waals surface area contributed by atoms with Crippen molar-refractivity contribution < 1.29 is 41.9 Å². The summed E-state index contributed by atoms with van der Waals surface area (Å²) in [4.78, 5) is 76.2. The zero-order chi connectivity index (χ0) is 33.5. The highest BCUT2D eigenvalue weighted by Crippen LogP contribution is 2.33. The second-order valence-electron chi connectivity index (χ2n) is 12.1. The summed E-state index contributed by atoms with van der Waals surface area (Å²) in [5.41, 5.74) is -0.0323. The van der Waals surface area contributed by atoms with Gasteiger partial charge in [-0.3, -0.25) is 43.5 Å². The number of nitro groups is 1. The molecule has 1 aromatic carbocycles. The number of benzene rings is 1. The topological polar surface area (TPSA) is 213 Å². The summed E-state index contributed by atoms with van der Waals surface area (Å²) in [7, 11) is -4.47. The third-order valence-electron chi connectivity index (χ3n) is 7.59. The molecule has 1 saturated heterocycles. The van der Waals surface area contributed by atoms with Crippen LogP contribution in [0.15, 0.2) is 30.4 Å². The van der Waals surface area contributed by atoms with Gasteiger partial charge < -0.3 is 15.5 Å². The normalized spacial score (nSPS) is 17.5. The van der Waals surface area contributed by atoms with Gasteiger partial charge in [-0.1, -0.05) is 27.2 Å². The van der Waals surface area contributed by atoms with Gasteiger partial charge in [-0.2, -0.15) is 8.42 Å². The number of hydrogen-bond donors (Lipinski definition) is 3. The highest BCUT2D eigenvalue weighted by atomic mass is 32.2. The number of nitro benzene ring substituents is 1. The summed E-state index contributed by atoms with van der Waals surface area (Å²) >= 11 is 0. The maximum atomic E-state index is 13.5. The molecule has 2 aliphatic heterocycles. The molecular weight excluding hydrogens is 610 g/mol. The Hall–Kier alpha value is -4.18. The average Bonchev–Trinajstić information content (AvgIpc) is 3.56. The van der Waals surface area contributed by atoms with Gasteiger partial charge in [0.25, 0.3) is 27.6 Å². The second kappa shape index (κ2) is 14.7. The van der Waals surface area contributed by atoms with Crippen molar-refractivity contribution in [1.29, 1.82) is 0 Å². The van der Waals surface area contributed by atoms with Gasteiger partial charge in [0, 0.05) is 49.0 Å². The summed E-state index contributed by atoms with van der Waals surface area (Å²) in [5, 5.41) is 16.8. The Balaban J connectivity index is 1.64. The minimum absolute atomic E-state index is 0.0247. The van der Waals surface area contributed by atoms with E-state index in [1.807, 2.05) is 20.8 Å². The third-order valence-corrected chi connectivity index (χ3v) is 8.34. The molecule has 1 aromatic rings. The van der Waals surface area contributed by atoms with Gasteiger partial charge in [0.2, 0.25) is 17.7 Å². The maximum Gasteiger partial charge on any atom is 0.275 e. The van der Waals surface area contributed by atoms with Crippen LogP contribution in [0.5, 0.6) is 0 Å².